The molecule has 28 heavy (non-hydrogen) atoms. The molecule has 0 aliphatic heterocycles. The SMILES string of the molecule is CC(=O)OCC(=O)C1CCC2C3C=CC4=CC(=O)C=CC4(C)C3C(O)CC12C. The van der Waals surface area contributed by atoms with E-state index in [0.717, 1.165) is 18.4 Å². The summed E-state index contributed by atoms with van der Waals surface area (Å²) in [5, 5.41) is 11.2. The molecule has 1 N–H and O–H groups in total. The Bertz CT molecular complexity index is 821. The van der Waals surface area contributed by atoms with Crippen molar-refractivity contribution in [3.63, 3.8) is 0 Å². The number of hydrogen-bond acceptors (Lipinski definition) is 5. The van der Waals surface area contributed by atoms with E-state index in [-0.39, 0.29) is 52.7 Å². The first kappa shape index (κ1) is 19.3. The maximum atomic E-state index is 12.8. The number of aliphatic hydroxyl groups excluding tert-OH is 1. The van der Waals surface area contributed by atoms with Gasteiger partial charge in [0.05, 0.1) is 6.10 Å². The lowest BCUT2D eigenvalue weighted by atomic mass is 9.48. The monoisotopic (exact) mass is 384 g/mol. The molecule has 0 amide bonds. The van der Waals surface area contributed by atoms with Crippen molar-refractivity contribution < 1.29 is 24.2 Å². The summed E-state index contributed by atoms with van der Waals surface area (Å²) in [5.74, 6) is -0.267. The molecular weight excluding hydrogens is 356 g/mol. The second kappa shape index (κ2) is 6.51. The molecule has 0 aromatic heterocycles. The predicted molar refractivity (Wildman–Crippen MR) is 103 cm³/mol. The maximum Gasteiger partial charge on any atom is 0.303 e. The Kier molecular flexibility index (Phi) is 4.49. The minimum atomic E-state index is -0.565. The number of aliphatic hydroxyl groups is 1. The van der Waals surface area contributed by atoms with Crippen LogP contribution in [0.3, 0.4) is 0 Å². The molecule has 4 aliphatic carbocycles. The summed E-state index contributed by atoms with van der Waals surface area (Å²) < 4.78 is 4.96. The summed E-state index contributed by atoms with van der Waals surface area (Å²) in [5.41, 5.74) is 0.284. The Morgan fingerprint density at radius 2 is 2.00 bits per heavy atom. The number of ether oxygens (including phenoxy) is 1. The highest BCUT2D eigenvalue weighted by molar-refractivity contribution is 6.01. The van der Waals surface area contributed by atoms with Crippen LogP contribution in [-0.2, 0) is 19.1 Å². The quantitative estimate of drug-likeness (QED) is 0.757. The Hall–Kier alpha value is -2.01. The van der Waals surface area contributed by atoms with Gasteiger partial charge in [0.2, 0.25) is 0 Å². The molecule has 0 aromatic rings. The smallest absolute Gasteiger partial charge is 0.303 e. The first-order valence-electron chi connectivity index (χ1n) is 10.1. The number of carbonyl (C=O) groups excluding carboxylic acids is 3. The Morgan fingerprint density at radius 1 is 1.25 bits per heavy atom. The number of carbonyl (C=O) groups is 3. The minimum Gasteiger partial charge on any atom is -0.458 e. The van der Waals surface area contributed by atoms with Gasteiger partial charge in [0.15, 0.2) is 11.6 Å². The lowest BCUT2D eigenvalue weighted by Crippen LogP contribution is -2.55. The van der Waals surface area contributed by atoms with E-state index in [2.05, 4.69) is 19.9 Å². The summed E-state index contributed by atoms with van der Waals surface area (Å²) >= 11 is 0. The van der Waals surface area contributed by atoms with Crippen molar-refractivity contribution in [2.24, 2.45) is 34.5 Å². The molecule has 5 heteroatoms. The third kappa shape index (κ3) is 2.74. The first-order valence-corrected chi connectivity index (χ1v) is 10.1. The van der Waals surface area contributed by atoms with Crippen molar-refractivity contribution in [2.75, 3.05) is 6.61 Å². The fourth-order valence-corrected chi connectivity index (χ4v) is 6.58. The molecule has 0 bridgehead atoms. The molecule has 7 atom stereocenters. The third-order valence-electron chi connectivity index (χ3n) is 7.86. The number of hydrogen-bond donors (Lipinski definition) is 1. The van der Waals surface area contributed by atoms with Gasteiger partial charge in [0.25, 0.3) is 0 Å². The number of fused-ring (bicyclic) bond motifs is 5. The molecule has 4 aliphatic rings. The van der Waals surface area contributed by atoms with Crippen LogP contribution in [0.25, 0.3) is 0 Å². The van der Waals surface area contributed by atoms with E-state index in [1.165, 1.54) is 6.92 Å². The fourth-order valence-electron chi connectivity index (χ4n) is 6.58. The van der Waals surface area contributed by atoms with E-state index in [1.54, 1.807) is 12.2 Å². The number of Topliss-reactive ketones (excluding diaryl/α,β-unsaturated/α-hetero) is 1. The zero-order valence-electron chi connectivity index (χ0n) is 16.7. The lowest BCUT2D eigenvalue weighted by molar-refractivity contribution is -0.150. The van der Waals surface area contributed by atoms with Crippen LogP contribution in [-0.4, -0.2) is 35.4 Å². The van der Waals surface area contributed by atoms with Crippen molar-refractivity contribution >= 4 is 17.5 Å². The minimum absolute atomic E-state index is 0.00602. The van der Waals surface area contributed by atoms with E-state index < -0.39 is 12.1 Å². The lowest BCUT2D eigenvalue weighted by Gasteiger charge is -2.56. The molecule has 5 nitrogen and oxygen atoms in total. The summed E-state index contributed by atoms with van der Waals surface area (Å²) in [6, 6.07) is 0. The van der Waals surface area contributed by atoms with Crippen molar-refractivity contribution in [3.05, 3.63) is 36.0 Å². The van der Waals surface area contributed by atoms with Crippen LogP contribution < -0.4 is 0 Å². The summed E-state index contributed by atoms with van der Waals surface area (Å²) in [4.78, 5) is 35.7. The van der Waals surface area contributed by atoms with E-state index in [0.29, 0.717) is 6.42 Å². The van der Waals surface area contributed by atoms with Gasteiger partial charge in [-0.25, -0.2) is 0 Å². The van der Waals surface area contributed by atoms with Gasteiger partial charge < -0.3 is 9.84 Å². The van der Waals surface area contributed by atoms with E-state index in [4.69, 9.17) is 4.74 Å². The molecule has 7 unspecified atom stereocenters. The third-order valence-corrected chi connectivity index (χ3v) is 7.86. The largest absolute Gasteiger partial charge is 0.458 e. The van der Waals surface area contributed by atoms with Crippen molar-refractivity contribution in [3.8, 4) is 0 Å². The van der Waals surface area contributed by atoms with Crippen LogP contribution in [0.5, 0.6) is 0 Å². The fraction of sp³-hybridized carbons (Fsp3) is 0.609. The Morgan fingerprint density at radius 3 is 2.71 bits per heavy atom. The van der Waals surface area contributed by atoms with Crippen molar-refractivity contribution in [2.45, 2.75) is 46.1 Å². The molecule has 0 saturated heterocycles. The van der Waals surface area contributed by atoms with Gasteiger partial charge in [-0.2, -0.15) is 0 Å². The number of esters is 1. The molecule has 4 rings (SSSR count). The van der Waals surface area contributed by atoms with E-state index in [9.17, 15) is 19.5 Å². The zero-order valence-corrected chi connectivity index (χ0v) is 16.7. The zero-order chi connectivity index (χ0) is 20.3. The van der Waals surface area contributed by atoms with Crippen LogP contribution in [0.15, 0.2) is 36.0 Å². The predicted octanol–water partition coefficient (Wildman–Crippen LogP) is 2.79. The summed E-state index contributed by atoms with van der Waals surface area (Å²) in [7, 11) is 0. The highest BCUT2D eigenvalue weighted by Gasteiger charge is 2.61. The van der Waals surface area contributed by atoms with Crippen LogP contribution >= 0.6 is 0 Å². The van der Waals surface area contributed by atoms with Crippen molar-refractivity contribution in [1.29, 1.82) is 0 Å². The van der Waals surface area contributed by atoms with Crippen molar-refractivity contribution in [1.82, 2.24) is 0 Å². The summed E-state index contributed by atoms with van der Waals surface area (Å²) in [6.45, 7) is 5.34. The molecule has 2 saturated carbocycles. The molecule has 150 valence electrons. The topological polar surface area (TPSA) is 80.7 Å². The molecule has 0 spiro atoms. The summed E-state index contributed by atoms with van der Waals surface area (Å²) in [6.07, 6.45) is 11.1. The first-order chi connectivity index (χ1) is 13.2. The molecule has 2 fully saturated rings. The molecule has 0 aromatic carbocycles. The van der Waals surface area contributed by atoms with Crippen LogP contribution in [0.2, 0.25) is 0 Å². The molecule has 0 radical (unpaired) electrons. The van der Waals surface area contributed by atoms with E-state index >= 15 is 0 Å². The van der Waals surface area contributed by atoms with Gasteiger partial charge in [-0.3, -0.25) is 14.4 Å². The molecular formula is C23H28O5. The van der Waals surface area contributed by atoms with Gasteiger partial charge in [-0.05, 0) is 54.2 Å². The highest BCUT2D eigenvalue weighted by atomic mass is 16.5. The average Bonchev–Trinajstić information content (AvgIpc) is 2.96. The Labute approximate surface area is 165 Å². The van der Waals surface area contributed by atoms with Gasteiger partial charge in [-0.15, -0.1) is 0 Å². The standard InChI is InChI=1S/C23H28O5/c1-13(24)28-12-20(27)18-7-6-17-16-5-4-14-10-15(25)8-9-22(14,2)21(16)19(26)11-23(17,18)3/h4-5,8-10,16-19,21,26H,6-7,11-12H2,1-3H3. The normalized spacial score (nSPS) is 43.6. The Balaban J connectivity index is 1.66. The number of allylic oxidation sites excluding steroid dienone is 6. The highest BCUT2D eigenvalue weighted by Crippen LogP contribution is 2.64. The number of rotatable bonds is 3. The second-order valence-corrected chi connectivity index (χ2v) is 9.34. The van der Waals surface area contributed by atoms with Gasteiger partial charge in [0, 0.05) is 24.2 Å². The molecule has 0 heterocycles. The average molecular weight is 384 g/mol. The van der Waals surface area contributed by atoms with Gasteiger partial charge in [0.1, 0.15) is 6.61 Å². The van der Waals surface area contributed by atoms with Gasteiger partial charge in [-0.1, -0.05) is 32.1 Å². The van der Waals surface area contributed by atoms with E-state index in [1.807, 2.05) is 12.2 Å². The van der Waals surface area contributed by atoms with Crippen LogP contribution in [0.1, 0.15) is 40.0 Å². The van der Waals surface area contributed by atoms with Crippen LogP contribution in [0, 0.1) is 34.5 Å². The number of ketones is 2. The van der Waals surface area contributed by atoms with Crippen LogP contribution in [0.4, 0.5) is 0 Å². The van der Waals surface area contributed by atoms with Gasteiger partial charge >= 0.3 is 5.97 Å². The maximum absolute atomic E-state index is 12.8. The second-order valence-electron chi connectivity index (χ2n) is 9.34.